The molecule has 4 rings (SSSR count). The van der Waals surface area contributed by atoms with Gasteiger partial charge in [-0.3, -0.25) is 0 Å². The minimum Gasteiger partial charge on any atom is -0.444 e. The van der Waals surface area contributed by atoms with Crippen LogP contribution in [0.2, 0.25) is 5.02 Å². The number of hydrogen-bond donors (Lipinski definition) is 0. The van der Waals surface area contributed by atoms with Crippen LogP contribution in [-0.4, -0.2) is 51.8 Å². The molecule has 1 atom stereocenters. The Morgan fingerprint density at radius 2 is 2.00 bits per heavy atom. The van der Waals surface area contributed by atoms with Crippen LogP contribution < -0.4 is 0 Å². The summed E-state index contributed by atoms with van der Waals surface area (Å²) in [6, 6.07) is 5.69. The molecule has 1 aliphatic heterocycles. The molecule has 1 aliphatic rings. The van der Waals surface area contributed by atoms with Crippen molar-refractivity contribution < 1.29 is 23.0 Å². The van der Waals surface area contributed by atoms with Gasteiger partial charge < -0.3 is 18.8 Å². The first-order valence-electron chi connectivity index (χ1n) is 10.4. The third-order valence-electron chi connectivity index (χ3n) is 5.14. The Hall–Kier alpha value is -2.23. The largest absolute Gasteiger partial charge is 0.444 e. The lowest BCUT2D eigenvalue weighted by Crippen LogP contribution is -2.48. The number of ether oxygens (including phenoxy) is 2. The fourth-order valence-corrected chi connectivity index (χ4v) is 4.34. The van der Waals surface area contributed by atoms with E-state index >= 15 is 0 Å². The molecule has 33 heavy (non-hydrogen) atoms. The molecule has 1 fully saturated rings. The van der Waals surface area contributed by atoms with Crippen molar-refractivity contribution in [1.82, 2.24) is 14.3 Å². The summed E-state index contributed by atoms with van der Waals surface area (Å²) in [5.41, 5.74) is 0.327. The van der Waals surface area contributed by atoms with E-state index in [1.807, 2.05) is 0 Å². The second-order valence-corrected chi connectivity index (χ2v) is 10.2. The fraction of sp³-hybridized carbons (Fsp3) is 0.391. The third-order valence-corrected chi connectivity index (χ3v) is 5.84. The summed E-state index contributed by atoms with van der Waals surface area (Å²) >= 11 is 9.23. The van der Waals surface area contributed by atoms with Gasteiger partial charge in [-0.05, 0) is 39.0 Å². The number of hydrogen-bond acceptors (Lipinski definition) is 4. The van der Waals surface area contributed by atoms with Gasteiger partial charge in [0.25, 0.3) is 0 Å². The van der Waals surface area contributed by atoms with E-state index in [0.29, 0.717) is 34.0 Å². The zero-order chi connectivity index (χ0) is 23.9. The van der Waals surface area contributed by atoms with Gasteiger partial charge in [-0.15, -0.1) is 0 Å². The summed E-state index contributed by atoms with van der Waals surface area (Å²) in [5, 5.41) is 0.451. The fourth-order valence-electron chi connectivity index (χ4n) is 3.79. The summed E-state index contributed by atoms with van der Waals surface area (Å²) in [6.45, 7) is 6.42. The molecule has 3 heterocycles. The van der Waals surface area contributed by atoms with E-state index in [1.54, 1.807) is 48.4 Å². The van der Waals surface area contributed by atoms with Crippen LogP contribution in [0.25, 0.3) is 16.9 Å². The molecule has 1 unspecified atom stereocenters. The number of pyridine rings is 1. The van der Waals surface area contributed by atoms with Crippen LogP contribution in [0.15, 0.2) is 34.9 Å². The lowest BCUT2D eigenvalue weighted by Gasteiger charge is -2.34. The van der Waals surface area contributed by atoms with Gasteiger partial charge in [0.05, 0.1) is 36.2 Å². The van der Waals surface area contributed by atoms with Crippen LogP contribution in [-0.2, 0) is 15.9 Å². The number of aromatic nitrogens is 2. The topological polar surface area (TPSA) is 56.1 Å². The molecule has 176 valence electrons. The lowest BCUT2D eigenvalue weighted by atomic mass is 10.0. The van der Waals surface area contributed by atoms with Crippen LogP contribution in [0.1, 0.15) is 26.5 Å². The van der Waals surface area contributed by atoms with Crippen LogP contribution in [0.5, 0.6) is 0 Å². The number of rotatable bonds is 3. The Labute approximate surface area is 203 Å². The predicted octanol–water partition coefficient (Wildman–Crippen LogP) is 5.87. The van der Waals surface area contributed by atoms with E-state index in [1.165, 1.54) is 12.1 Å². The van der Waals surface area contributed by atoms with Crippen LogP contribution >= 0.6 is 27.5 Å². The zero-order valence-electron chi connectivity index (χ0n) is 18.4. The number of benzene rings is 1. The third kappa shape index (κ3) is 5.31. The molecule has 0 aliphatic carbocycles. The van der Waals surface area contributed by atoms with Crippen molar-refractivity contribution in [2.45, 2.75) is 38.9 Å². The number of carbonyl (C=O) groups is 1. The molecular formula is C23H23BrClF2N3O3. The van der Waals surface area contributed by atoms with E-state index in [-0.39, 0.29) is 24.2 Å². The maximum atomic E-state index is 14.8. The smallest absolute Gasteiger partial charge is 0.410 e. The first-order chi connectivity index (χ1) is 15.5. The Morgan fingerprint density at radius 1 is 1.30 bits per heavy atom. The van der Waals surface area contributed by atoms with E-state index in [9.17, 15) is 13.6 Å². The zero-order valence-corrected chi connectivity index (χ0v) is 20.7. The highest BCUT2D eigenvalue weighted by molar-refractivity contribution is 9.10. The highest BCUT2D eigenvalue weighted by Crippen LogP contribution is 2.33. The number of fused-ring (bicyclic) bond motifs is 1. The van der Waals surface area contributed by atoms with E-state index in [0.717, 1.165) is 0 Å². The summed E-state index contributed by atoms with van der Waals surface area (Å²) in [6.07, 6.45) is 1.13. The summed E-state index contributed by atoms with van der Waals surface area (Å²) in [7, 11) is 0. The maximum absolute atomic E-state index is 14.8. The van der Waals surface area contributed by atoms with Crippen LogP contribution in [0.4, 0.5) is 13.6 Å². The Kier molecular flexibility index (Phi) is 6.66. The number of nitrogens with zero attached hydrogens (tertiary/aromatic N) is 3. The second-order valence-electron chi connectivity index (χ2n) is 8.85. The highest BCUT2D eigenvalue weighted by Gasteiger charge is 2.30. The Balaban J connectivity index is 1.70. The molecule has 0 bridgehead atoms. The van der Waals surface area contributed by atoms with Crippen molar-refractivity contribution >= 4 is 39.3 Å². The summed E-state index contributed by atoms with van der Waals surface area (Å²) < 4.78 is 43.1. The highest BCUT2D eigenvalue weighted by atomic mass is 79.9. The standard InChI is InChI=1S/C23H23BrClF2N3O3/c1-23(2,3)33-22(31)29-6-7-32-15(12-29)11-18-21(20-16(26)8-13(24)9-17(20)27)28-19-10-14(25)4-5-30(18)19/h4-5,8-10,15H,6-7,11-12H2,1-3H3. The van der Waals surface area contributed by atoms with Gasteiger partial charge in [-0.2, -0.15) is 0 Å². The molecule has 10 heteroatoms. The maximum Gasteiger partial charge on any atom is 0.410 e. The monoisotopic (exact) mass is 541 g/mol. The normalized spacial score (nSPS) is 16.9. The Morgan fingerprint density at radius 3 is 2.67 bits per heavy atom. The van der Waals surface area contributed by atoms with Gasteiger partial charge in [0.1, 0.15) is 22.9 Å². The van der Waals surface area contributed by atoms with Crippen molar-refractivity contribution in [1.29, 1.82) is 0 Å². The first-order valence-corrected chi connectivity index (χ1v) is 11.6. The minimum atomic E-state index is -0.738. The molecule has 0 radical (unpaired) electrons. The SMILES string of the molecule is CC(C)(C)OC(=O)N1CCOC(Cc2c(-c3c(F)cc(Br)cc3F)nc3cc(Cl)ccn23)C1. The molecule has 0 saturated carbocycles. The quantitative estimate of drug-likeness (QED) is 0.415. The molecule has 1 amide bonds. The molecule has 2 aromatic heterocycles. The average molecular weight is 543 g/mol. The van der Waals surface area contributed by atoms with Crippen LogP contribution in [0, 0.1) is 11.6 Å². The average Bonchev–Trinajstić information content (AvgIpc) is 3.03. The molecule has 1 saturated heterocycles. The number of carbonyl (C=O) groups excluding carboxylic acids is 1. The molecule has 0 spiro atoms. The number of morpholine rings is 1. The van der Waals surface area contributed by atoms with Gasteiger partial charge in [0.15, 0.2) is 0 Å². The van der Waals surface area contributed by atoms with Gasteiger partial charge in [0.2, 0.25) is 0 Å². The molecule has 1 aromatic carbocycles. The molecular weight excluding hydrogens is 520 g/mol. The van der Waals surface area contributed by atoms with E-state index in [2.05, 4.69) is 20.9 Å². The first kappa shape index (κ1) is 23.9. The Bertz CT molecular complexity index is 1190. The van der Waals surface area contributed by atoms with Crippen molar-refractivity contribution in [2.24, 2.45) is 0 Å². The minimum absolute atomic E-state index is 0.165. The lowest BCUT2D eigenvalue weighted by molar-refractivity contribution is -0.0418. The summed E-state index contributed by atoms with van der Waals surface area (Å²) in [4.78, 5) is 18.6. The van der Waals surface area contributed by atoms with Gasteiger partial charge >= 0.3 is 6.09 Å². The molecule has 0 N–H and O–H groups in total. The molecule has 6 nitrogen and oxygen atoms in total. The van der Waals surface area contributed by atoms with Gasteiger partial charge in [0, 0.05) is 34.7 Å². The van der Waals surface area contributed by atoms with Gasteiger partial charge in [-0.1, -0.05) is 27.5 Å². The van der Waals surface area contributed by atoms with E-state index in [4.69, 9.17) is 21.1 Å². The number of imidazole rings is 1. The van der Waals surface area contributed by atoms with Crippen molar-refractivity contribution in [3.05, 3.63) is 57.3 Å². The number of halogens is 4. The van der Waals surface area contributed by atoms with E-state index < -0.39 is 29.4 Å². The molecule has 3 aromatic rings. The van der Waals surface area contributed by atoms with Crippen molar-refractivity contribution in [2.75, 3.05) is 19.7 Å². The summed E-state index contributed by atoms with van der Waals surface area (Å²) in [5.74, 6) is -1.48. The van der Waals surface area contributed by atoms with Gasteiger partial charge in [-0.25, -0.2) is 18.6 Å². The van der Waals surface area contributed by atoms with Crippen LogP contribution in [0.3, 0.4) is 0 Å². The second kappa shape index (κ2) is 9.19. The van der Waals surface area contributed by atoms with Crippen molar-refractivity contribution in [3.63, 3.8) is 0 Å². The number of amides is 1. The van der Waals surface area contributed by atoms with Crippen molar-refractivity contribution in [3.8, 4) is 11.3 Å². The predicted molar refractivity (Wildman–Crippen MR) is 125 cm³/mol.